The second-order valence-corrected chi connectivity index (χ2v) is 6.66. The van der Waals surface area contributed by atoms with Crippen LogP contribution in [0.4, 0.5) is 0 Å². The molecule has 0 radical (unpaired) electrons. The number of nitrogens with zero attached hydrogens (tertiary/aromatic N) is 1. The van der Waals surface area contributed by atoms with Gasteiger partial charge in [-0.25, -0.2) is 0 Å². The Hall–Kier alpha value is -1.79. The minimum absolute atomic E-state index is 0.0973. The Morgan fingerprint density at radius 2 is 1.96 bits per heavy atom. The monoisotopic (exact) mass is 349 g/mol. The number of aliphatic hydroxyl groups is 1. The second-order valence-electron chi connectivity index (χ2n) is 6.66. The fourth-order valence-corrected chi connectivity index (χ4v) is 3.97. The number of hydrogen-bond acceptors (Lipinski definition) is 5. The fraction of sp³-hybridized carbons (Fsp3) is 0.632. The zero-order chi connectivity index (χ0) is 17.8. The predicted octanol–water partition coefficient (Wildman–Crippen LogP) is 2.15. The van der Waals surface area contributed by atoms with Crippen molar-refractivity contribution in [2.75, 3.05) is 34.0 Å². The van der Waals surface area contributed by atoms with Gasteiger partial charge in [0.25, 0.3) is 0 Å². The third-order valence-electron chi connectivity index (χ3n) is 5.27. The molecule has 0 aromatic heterocycles. The summed E-state index contributed by atoms with van der Waals surface area (Å²) in [6, 6.07) is 5.30. The molecule has 2 atom stereocenters. The largest absolute Gasteiger partial charge is 0.493 e. The number of ether oxygens (including phenoxy) is 3. The highest BCUT2D eigenvalue weighted by Gasteiger charge is 2.39. The van der Waals surface area contributed by atoms with E-state index in [4.69, 9.17) is 14.2 Å². The van der Waals surface area contributed by atoms with Crippen molar-refractivity contribution in [3.8, 4) is 11.5 Å². The van der Waals surface area contributed by atoms with E-state index in [9.17, 15) is 9.90 Å². The first kappa shape index (κ1) is 18.0. The van der Waals surface area contributed by atoms with Crippen LogP contribution in [-0.2, 0) is 9.53 Å². The first-order chi connectivity index (χ1) is 12.2. The Balaban J connectivity index is 1.93. The second kappa shape index (κ2) is 8.06. The average Bonchev–Trinajstić information content (AvgIpc) is 3.20. The quantitative estimate of drug-likeness (QED) is 0.882. The van der Waals surface area contributed by atoms with Gasteiger partial charge in [-0.05, 0) is 30.5 Å². The van der Waals surface area contributed by atoms with E-state index in [1.54, 1.807) is 14.2 Å². The average molecular weight is 349 g/mol. The van der Waals surface area contributed by atoms with E-state index in [2.05, 4.69) is 0 Å². The summed E-state index contributed by atoms with van der Waals surface area (Å²) < 4.78 is 16.5. The molecule has 1 saturated heterocycles. The highest BCUT2D eigenvalue weighted by Crippen LogP contribution is 2.37. The summed E-state index contributed by atoms with van der Waals surface area (Å²) in [4.78, 5) is 14.9. The number of rotatable bonds is 5. The Bertz CT molecular complexity index is 599. The number of carbonyl (C=O) groups is 1. The Labute approximate surface area is 148 Å². The maximum Gasteiger partial charge on any atom is 0.226 e. The molecule has 1 saturated carbocycles. The highest BCUT2D eigenvalue weighted by atomic mass is 16.5. The summed E-state index contributed by atoms with van der Waals surface area (Å²) >= 11 is 0. The molecule has 25 heavy (non-hydrogen) atoms. The number of aliphatic hydroxyl groups excluding tert-OH is 1. The first-order valence-corrected chi connectivity index (χ1v) is 8.94. The maximum absolute atomic E-state index is 13.1. The van der Waals surface area contributed by atoms with Gasteiger partial charge in [-0.3, -0.25) is 4.79 Å². The summed E-state index contributed by atoms with van der Waals surface area (Å²) in [7, 11) is 3.18. The molecule has 0 bridgehead atoms. The summed E-state index contributed by atoms with van der Waals surface area (Å²) in [6.07, 6.45) is 3.71. The normalized spacial score (nSPS) is 24.4. The lowest BCUT2D eigenvalue weighted by Gasteiger charge is -2.42. The van der Waals surface area contributed by atoms with Crippen molar-refractivity contribution in [1.29, 1.82) is 0 Å². The van der Waals surface area contributed by atoms with Gasteiger partial charge in [0.1, 0.15) is 6.10 Å². The van der Waals surface area contributed by atoms with Crippen LogP contribution in [0.1, 0.15) is 37.3 Å². The number of hydrogen-bond donors (Lipinski definition) is 1. The molecule has 0 spiro atoms. The van der Waals surface area contributed by atoms with Gasteiger partial charge in [-0.15, -0.1) is 0 Å². The molecule has 1 aliphatic carbocycles. The van der Waals surface area contributed by atoms with Crippen molar-refractivity contribution in [3.63, 3.8) is 0 Å². The van der Waals surface area contributed by atoms with Crippen LogP contribution in [0, 0.1) is 5.92 Å². The van der Waals surface area contributed by atoms with Gasteiger partial charge >= 0.3 is 0 Å². The zero-order valence-electron chi connectivity index (χ0n) is 14.9. The van der Waals surface area contributed by atoms with E-state index in [-0.39, 0.29) is 24.5 Å². The third-order valence-corrected chi connectivity index (χ3v) is 5.27. The Morgan fingerprint density at radius 1 is 1.24 bits per heavy atom. The molecule has 6 nitrogen and oxygen atoms in total. The van der Waals surface area contributed by atoms with E-state index >= 15 is 0 Å². The lowest BCUT2D eigenvalue weighted by molar-refractivity contribution is -0.154. The van der Waals surface area contributed by atoms with Gasteiger partial charge < -0.3 is 24.2 Å². The minimum Gasteiger partial charge on any atom is -0.493 e. The highest BCUT2D eigenvalue weighted by molar-refractivity contribution is 5.80. The molecule has 1 aliphatic heterocycles. The van der Waals surface area contributed by atoms with Gasteiger partial charge in [0, 0.05) is 12.5 Å². The van der Waals surface area contributed by atoms with Crippen LogP contribution < -0.4 is 9.47 Å². The van der Waals surface area contributed by atoms with Crippen LogP contribution in [0.2, 0.25) is 0 Å². The van der Waals surface area contributed by atoms with Crippen LogP contribution in [0.5, 0.6) is 11.5 Å². The van der Waals surface area contributed by atoms with Crippen LogP contribution in [0.3, 0.4) is 0 Å². The summed E-state index contributed by atoms with van der Waals surface area (Å²) in [5.74, 6) is 1.52. The number of carbonyl (C=O) groups excluding carboxylic acids is 1. The van der Waals surface area contributed by atoms with E-state index in [0.29, 0.717) is 24.7 Å². The molecule has 3 rings (SSSR count). The smallest absolute Gasteiger partial charge is 0.226 e. The van der Waals surface area contributed by atoms with Crippen molar-refractivity contribution >= 4 is 5.91 Å². The lowest BCUT2D eigenvalue weighted by atomic mass is 9.95. The number of morpholine rings is 1. The zero-order valence-corrected chi connectivity index (χ0v) is 14.9. The molecule has 2 fully saturated rings. The molecule has 138 valence electrons. The molecule has 1 heterocycles. The van der Waals surface area contributed by atoms with Crippen LogP contribution >= 0.6 is 0 Å². The Kier molecular flexibility index (Phi) is 5.81. The third kappa shape index (κ3) is 3.60. The molecule has 2 aliphatic rings. The van der Waals surface area contributed by atoms with Crippen LogP contribution in [0.15, 0.2) is 18.2 Å². The van der Waals surface area contributed by atoms with Crippen molar-refractivity contribution in [2.45, 2.75) is 37.8 Å². The van der Waals surface area contributed by atoms with Crippen molar-refractivity contribution < 1.29 is 24.1 Å². The van der Waals surface area contributed by atoms with Crippen molar-refractivity contribution in [3.05, 3.63) is 23.8 Å². The van der Waals surface area contributed by atoms with E-state index in [0.717, 1.165) is 31.2 Å². The minimum atomic E-state index is -0.433. The van der Waals surface area contributed by atoms with Crippen LogP contribution in [0.25, 0.3) is 0 Å². The van der Waals surface area contributed by atoms with Crippen molar-refractivity contribution in [2.24, 2.45) is 5.92 Å². The van der Waals surface area contributed by atoms with Gasteiger partial charge in [-0.2, -0.15) is 0 Å². The maximum atomic E-state index is 13.1. The van der Waals surface area contributed by atoms with E-state index < -0.39 is 6.10 Å². The molecule has 1 amide bonds. The lowest BCUT2D eigenvalue weighted by Crippen LogP contribution is -2.51. The van der Waals surface area contributed by atoms with Gasteiger partial charge in [0.15, 0.2) is 11.5 Å². The fourth-order valence-electron chi connectivity index (χ4n) is 3.97. The first-order valence-electron chi connectivity index (χ1n) is 8.94. The molecular weight excluding hydrogens is 322 g/mol. The number of methoxy groups -OCH3 is 2. The predicted molar refractivity (Wildman–Crippen MR) is 92.8 cm³/mol. The molecule has 6 heteroatoms. The molecule has 0 unspecified atom stereocenters. The van der Waals surface area contributed by atoms with Crippen molar-refractivity contribution in [1.82, 2.24) is 4.90 Å². The van der Waals surface area contributed by atoms with Crippen LogP contribution in [-0.4, -0.2) is 56.0 Å². The van der Waals surface area contributed by atoms with Gasteiger partial charge in [0.05, 0.1) is 33.5 Å². The standard InChI is InChI=1S/C19H27NO5/c1-23-15-8-7-14(11-16(15)24-2)18-17(12-21)25-10-9-20(18)19(22)13-5-3-4-6-13/h7-8,11,13,17-18,21H,3-6,9-10,12H2,1-2H3/t17-,18-/m1/s1. The molecular formula is C19H27NO5. The van der Waals surface area contributed by atoms with E-state index in [1.165, 1.54) is 0 Å². The topological polar surface area (TPSA) is 68.2 Å². The summed E-state index contributed by atoms with van der Waals surface area (Å²) in [6.45, 7) is 0.867. The SMILES string of the molecule is COc1ccc([C@@H]2[C@@H](CO)OCCN2C(=O)C2CCCC2)cc1OC. The molecule has 1 N–H and O–H groups in total. The van der Waals surface area contributed by atoms with Gasteiger partial charge in [-0.1, -0.05) is 18.9 Å². The van der Waals surface area contributed by atoms with E-state index in [1.807, 2.05) is 23.1 Å². The molecule has 1 aromatic rings. The molecule has 1 aromatic carbocycles. The number of benzene rings is 1. The van der Waals surface area contributed by atoms with Gasteiger partial charge in [0.2, 0.25) is 5.91 Å². The summed E-state index contributed by atoms with van der Waals surface area (Å²) in [5.41, 5.74) is 0.891. The number of amides is 1. The summed E-state index contributed by atoms with van der Waals surface area (Å²) in [5, 5.41) is 9.80. The Morgan fingerprint density at radius 3 is 2.60 bits per heavy atom.